The van der Waals surface area contributed by atoms with Crippen LogP contribution in [0.1, 0.15) is 33.1 Å². The van der Waals surface area contributed by atoms with Crippen molar-refractivity contribution in [1.82, 2.24) is 5.32 Å². The van der Waals surface area contributed by atoms with Gasteiger partial charge >= 0.3 is 0 Å². The predicted molar refractivity (Wildman–Crippen MR) is 40.6 cm³/mol. The second-order valence-electron chi connectivity index (χ2n) is 2.95. The van der Waals surface area contributed by atoms with Gasteiger partial charge in [-0.05, 0) is 18.3 Å². The Labute approximate surface area is 62.0 Å². The Morgan fingerprint density at radius 1 is 1.40 bits per heavy atom. The number of carbonyl (C=O) groups excluding carboxylic acids is 1. The van der Waals surface area contributed by atoms with E-state index in [1.807, 2.05) is 13.8 Å². The molecule has 1 spiro atoms. The Bertz CT molecular complexity index is 138. The topological polar surface area (TPSA) is 29.1 Å². The zero-order valence-corrected chi connectivity index (χ0v) is 6.74. The molecule has 1 saturated heterocycles. The second kappa shape index (κ2) is 2.60. The summed E-state index contributed by atoms with van der Waals surface area (Å²) in [6.45, 7) is 4.95. The Hall–Kier alpha value is -0.530. The fourth-order valence-electron chi connectivity index (χ4n) is 1.28. The van der Waals surface area contributed by atoms with Crippen LogP contribution < -0.4 is 5.32 Å². The molecule has 1 aliphatic carbocycles. The molecule has 1 saturated carbocycles. The molecule has 10 heavy (non-hydrogen) atoms. The van der Waals surface area contributed by atoms with Crippen molar-refractivity contribution in [2.24, 2.45) is 5.41 Å². The molecule has 2 aliphatic rings. The van der Waals surface area contributed by atoms with E-state index in [9.17, 15) is 4.79 Å². The van der Waals surface area contributed by atoms with E-state index in [1.54, 1.807) is 0 Å². The van der Waals surface area contributed by atoms with Crippen LogP contribution in [0.2, 0.25) is 0 Å². The van der Waals surface area contributed by atoms with E-state index in [1.165, 1.54) is 12.8 Å². The molecule has 1 heterocycles. The molecule has 2 rings (SSSR count). The van der Waals surface area contributed by atoms with Gasteiger partial charge in [0.15, 0.2) is 0 Å². The SMILES string of the molecule is CC.O=C1CC2(CC2)CN1. The summed E-state index contributed by atoms with van der Waals surface area (Å²) in [4.78, 5) is 10.6. The van der Waals surface area contributed by atoms with Crippen LogP contribution in [0, 0.1) is 5.41 Å². The summed E-state index contributed by atoms with van der Waals surface area (Å²) in [5, 5.41) is 2.83. The minimum atomic E-state index is 0.252. The summed E-state index contributed by atoms with van der Waals surface area (Å²) in [6, 6.07) is 0. The Morgan fingerprint density at radius 3 is 2.20 bits per heavy atom. The van der Waals surface area contributed by atoms with Gasteiger partial charge in [0.05, 0.1) is 0 Å². The van der Waals surface area contributed by atoms with Gasteiger partial charge in [0.1, 0.15) is 0 Å². The van der Waals surface area contributed by atoms with Gasteiger partial charge in [0.2, 0.25) is 5.91 Å². The highest BCUT2D eigenvalue weighted by molar-refractivity contribution is 5.79. The van der Waals surface area contributed by atoms with E-state index < -0.39 is 0 Å². The summed E-state index contributed by atoms with van der Waals surface area (Å²) in [7, 11) is 0. The van der Waals surface area contributed by atoms with Gasteiger partial charge in [0.25, 0.3) is 0 Å². The van der Waals surface area contributed by atoms with Gasteiger partial charge in [-0.1, -0.05) is 13.8 Å². The van der Waals surface area contributed by atoms with Gasteiger partial charge in [-0.25, -0.2) is 0 Å². The molecule has 0 aromatic carbocycles. The minimum Gasteiger partial charge on any atom is -0.356 e. The van der Waals surface area contributed by atoms with Crippen molar-refractivity contribution < 1.29 is 4.79 Å². The lowest BCUT2D eigenvalue weighted by Gasteiger charge is -1.95. The van der Waals surface area contributed by atoms with Crippen molar-refractivity contribution >= 4 is 5.91 Å². The van der Waals surface area contributed by atoms with E-state index in [0.717, 1.165) is 13.0 Å². The molecule has 1 N–H and O–H groups in total. The maximum absolute atomic E-state index is 10.6. The largest absolute Gasteiger partial charge is 0.356 e. The lowest BCUT2D eigenvalue weighted by Crippen LogP contribution is -2.13. The smallest absolute Gasteiger partial charge is 0.220 e. The molecule has 1 amide bonds. The van der Waals surface area contributed by atoms with Crippen LogP contribution in [-0.2, 0) is 4.79 Å². The van der Waals surface area contributed by atoms with Crippen molar-refractivity contribution in [3.05, 3.63) is 0 Å². The zero-order chi connectivity index (χ0) is 7.61. The normalized spacial score (nSPS) is 25.2. The highest BCUT2D eigenvalue weighted by Crippen LogP contribution is 2.50. The van der Waals surface area contributed by atoms with Gasteiger partial charge < -0.3 is 5.32 Å². The minimum absolute atomic E-state index is 0.252. The highest BCUT2D eigenvalue weighted by atomic mass is 16.1. The molecule has 0 atom stereocenters. The number of nitrogens with one attached hydrogen (secondary N) is 1. The van der Waals surface area contributed by atoms with Crippen LogP contribution in [0.5, 0.6) is 0 Å². The Morgan fingerprint density at radius 2 is 2.00 bits per heavy atom. The molecule has 2 nitrogen and oxygen atoms in total. The molecule has 0 radical (unpaired) electrons. The van der Waals surface area contributed by atoms with E-state index in [-0.39, 0.29) is 5.91 Å². The van der Waals surface area contributed by atoms with Crippen molar-refractivity contribution in [3.63, 3.8) is 0 Å². The molecule has 2 fully saturated rings. The van der Waals surface area contributed by atoms with Gasteiger partial charge in [-0.3, -0.25) is 4.79 Å². The van der Waals surface area contributed by atoms with E-state index in [2.05, 4.69) is 5.32 Å². The van der Waals surface area contributed by atoms with Crippen molar-refractivity contribution in [2.75, 3.05) is 6.54 Å². The molecule has 0 aromatic heterocycles. The number of hydrogen-bond donors (Lipinski definition) is 1. The summed E-state index contributed by atoms with van der Waals surface area (Å²) in [5.41, 5.74) is 0.455. The summed E-state index contributed by atoms with van der Waals surface area (Å²) in [5.74, 6) is 0.252. The van der Waals surface area contributed by atoms with Gasteiger partial charge in [0, 0.05) is 13.0 Å². The van der Waals surface area contributed by atoms with Crippen LogP contribution in [0.4, 0.5) is 0 Å². The fraction of sp³-hybridized carbons (Fsp3) is 0.875. The fourth-order valence-corrected chi connectivity index (χ4v) is 1.28. The maximum atomic E-state index is 10.6. The van der Waals surface area contributed by atoms with E-state index in [4.69, 9.17) is 0 Å². The molecule has 58 valence electrons. The second-order valence-corrected chi connectivity index (χ2v) is 2.95. The van der Waals surface area contributed by atoms with Crippen LogP contribution in [0.15, 0.2) is 0 Å². The quantitative estimate of drug-likeness (QED) is 0.541. The zero-order valence-electron chi connectivity index (χ0n) is 6.74. The number of hydrogen-bond acceptors (Lipinski definition) is 1. The van der Waals surface area contributed by atoms with Crippen LogP contribution in [-0.4, -0.2) is 12.5 Å². The lowest BCUT2D eigenvalue weighted by molar-refractivity contribution is -0.119. The van der Waals surface area contributed by atoms with Crippen LogP contribution in [0.3, 0.4) is 0 Å². The van der Waals surface area contributed by atoms with E-state index >= 15 is 0 Å². The first-order valence-electron chi connectivity index (χ1n) is 4.08. The summed E-state index contributed by atoms with van der Waals surface area (Å²) >= 11 is 0. The predicted octanol–water partition coefficient (Wildman–Crippen LogP) is 1.31. The molecule has 0 unspecified atom stereocenters. The standard InChI is InChI=1S/C6H9NO.C2H6/c8-5-3-6(1-2-6)4-7-5;1-2/h1-4H2,(H,7,8);1-2H3. The van der Waals surface area contributed by atoms with Gasteiger partial charge in [-0.2, -0.15) is 0 Å². The Kier molecular flexibility index (Phi) is 1.97. The third-order valence-electron chi connectivity index (χ3n) is 2.15. The average molecular weight is 141 g/mol. The van der Waals surface area contributed by atoms with Gasteiger partial charge in [-0.15, -0.1) is 0 Å². The maximum Gasteiger partial charge on any atom is 0.220 e. The number of rotatable bonds is 0. The third kappa shape index (κ3) is 1.31. The average Bonchev–Trinajstić information content (AvgIpc) is 2.60. The molecular formula is C8H15NO. The first-order chi connectivity index (χ1) is 4.81. The van der Waals surface area contributed by atoms with Crippen molar-refractivity contribution in [1.29, 1.82) is 0 Å². The molecule has 0 aromatic rings. The van der Waals surface area contributed by atoms with Crippen molar-refractivity contribution in [2.45, 2.75) is 33.1 Å². The first kappa shape index (κ1) is 7.58. The molecule has 2 heteroatoms. The molecule has 1 aliphatic heterocycles. The van der Waals surface area contributed by atoms with Crippen molar-refractivity contribution in [3.8, 4) is 0 Å². The van der Waals surface area contributed by atoms with E-state index in [0.29, 0.717) is 5.41 Å². The van der Waals surface area contributed by atoms with Crippen LogP contribution in [0.25, 0.3) is 0 Å². The van der Waals surface area contributed by atoms with Crippen LogP contribution >= 0.6 is 0 Å². The number of amides is 1. The molecule has 0 bridgehead atoms. The lowest BCUT2D eigenvalue weighted by atomic mass is 10.1. The first-order valence-corrected chi connectivity index (χ1v) is 4.08. The monoisotopic (exact) mass is 141 g/mol. The summed E-state index contributed by atoms with van der Waals surface area (Å²) in [6.07, 6.45) is 3.34. The number of carbonyl (C=O) groups is 1. The summed E-state index contributed by atoms with van der Waals surface area (Å²) < 4.78 is 0. The Balaban J connectivity index is 0.000000231. The highest BCUT2D eigenvalue weighted by Gasteiger charge is 2.48. The third-order valence-corrected chi connectivity index (χ3v) is 2.15. The molecular weight excluding hydrogens is 126 g/mol.